The lowest BCUT2D eigenvalue weighted by molar-refractivity contribution is -0.144. The van der Waals surface area contributed by atoms with Gasteiger partial charge in [-0.1, -0.05) is 11.6 Å². The summed E-state index contributed by atoms with van der Waals surface area (Å²) in [6.45, 7) is 3.04. The number of pyridine rings is 1. The molecule has 0 spiro atoms. The van der Waals surface area contributed by atoms with Crippen molar-refractivity contribution in [3.05, 3.63) is 40.2 Å². The lowest BCUT2D eigenvalue weighted by atomic mass is 9.99. The number of halogens is 7. The molecule has 3 N–H and O–H groups in total. The molecular formula is C20H17ClF6N6. The fourth-order valence-electron chi connectivity index (χ4n) is 3.81. The molecule has 0 saturated carbocycles. The monoisotopic (exact) mass is 490 g/mol. The lowest BCUT2D eigenvalue weighted by Crippen LogP contribution is -2.44. The highest BCUT2D eigenvalue weighted by atomic mass is 35.5. The number of piperazine rings is 1. The van der Waals surface area contributed by atoms with Crippen molar-refractivity contribution in [2.24, 2.45) is 0 Å². The van der Waals surface area contributed by atoms with E-state index in [4.69, 9.17) is 17.3 Å². The van der Waals surface area contributed by atoms with E-state index in [1.54, 1.807) is 4.90 Å². The standard InChI is InChI=1S/C20H17ClF6N6/c1-9-6-14(28)31-16(15(9)19(22,23)24)10-8-13-11(7-12(10)21)17(33-4-2-29-3-5-33)32-18(30-13)20(25,26)27/h6-8,29H,2-5H2,1H3,(H2,28,31). The van der Waals surface area contributed by atoms with E-state index in [0.717, 1.165) is 12.1 Å². The molecule has 0 aliphatic carbocycles. The van der Waals surface area contributed by atoms with E-state index in [1.165, 1.54) is 13.0 Å². The fraction of sp³-hybridized carbons (Fsp3) is 0.350. The van der Waals surface area contributed by atoms with Gasteiger partial charge in [0.15, 0.2) is 0 Å². The number of anilines is 2. The molecule has 6 nitrogen and oxygen atoms in total. The summed E-state index contributed by atoms with van der Waals surface area (Å²) in [5.41, 5.74) is 3.37. The molecule has 13 heteroatoms. The minimum absolute atomic E-state index is 0.00929. The number of alkyl halides is 6. The molecule has 1 aromatic carbocycles. The normalized spacial score (nSPS) is 15.3. The smallest absolute Gasteiger partial charge is 0.384 e. The van der Waals surface area contributed by atoms with Crippen LogP contribution in [0.3, 0.4) is 0 Å². The number of benzene rings is 1. The topological polar surface area (TPSA) is 80.0 Å². The van der Waals surface area contributed by atoms with Gasteiger partial charge in [-0.3, -0.25) is 0 Å². The van der Waals surface area contributed by atoms with Crippen LogP contribution >= 0.6 is 11.6 Å². The largest absolute Gasteiger partial charge is 0.451 e. The zero-order chi connectivity index (χ0) is 24.1. The van der Waals surface area contributed by atoms with Gasteiger partial charge < -0.3 is 16.0 Å². The number of nitrogen functional groups attached to an aromatic ring is 1. The molecule has 1 fully saturated rings. The van der Waals surface area contributed by atoms with Crippen molar-refractivity contribution < 1.29 is 26.3 Å². The predicted molar refractivity (Wildman–Crippen MR) is 112 cm³/mol. The minimum Gasteiger partial charge on any atom is -0.384 e. The zero-order valence-electron chi connectivity index (χ0n) is 17.1. The van der Waals surface area contributed by atoms with Crippen molar-refractivity contribution in [3.63, 3.8) is 0 Å². The molecule has 0 radical (unpaired) electrons. The highest BCUT2D eigenvalue weighted by Crippen LogP contribution is 2.43. The van der Waals surface area contributed by atoms with Gasteiger partial charge in [-0.15, -0.1) is 0 Å². The Balaban J connectivity index is 2.02. The van der Waals surface area contributed by atoms with Crippen molar-refractivity contribution in [1.82, 2.24) is 20.3 Å². The molecule has 0 unspecified atom stereocenters. The molecule has 176 valence electrons. The van der Waals surface area contributed by atoms with Gasteiger partial charge in [0.05, 0.1) is 21.8 Å². The minimum atomic E-state index is -4.86. The van der Waals surface area contributed by atoms with Crippen LogP contribution in [0.4, 0.5) is 38.0 Å². The van der Waals surface area contributed by atoms with E-state index < -0.39 is 29.4 Å². The summed E-state index contributed by atoms with van der Waals surface area (Å²) in [5, 5.41) is 3.13. The summed E-state index contributed by atoms with van der Waals surface area (Å²) in [7, 11) is 0. The number of nitrogens with two attached hydrogens (primary N) is 1. The Hall–Kier alpha value is -2.86. The third-order valence-electron chi connectivity index (χ3n) is 5.21. The Morgan fingerprint density at radius 3 is 2.24 bits per heavy atom. The lowest BCUT2D eigenvalue weighted by Gasteiger charge is -2.29. The Morgan fingerprint density at radius 2 is 1.64 bits per heavy atom. The number of hydrogen-bond acceptors (Lipinski definition) is 6. The fourth-order valence-corrected chi connectivity index (χ4v) is 4.06. The van der Waals surface area contributed by atoms with Crippen molar-refractivity contribution in [2.75, 3.05) is 36.8 Å². The zero-order valence-corrected chi connectivity index (χ0v) is 17.8. The van der Waals surface area contributed by atoms with Gasteiger partial charge in [0.25, 0.3) is 0 Å². The maximum absolute atomic E-state index is 13.8. The number of nitrogens with zero attached hydrogens (tertiary/aromatic N) is 4. The van der Waals surface area contributed by atoms with Crippen molar-refractivity contribution in [2.45, 2.75) is 19.3 Å². The summed E-state index contributed by atoms with van der Waals surface area (Å²) in [4.78, 5) is 12.8. The summed E-state index contributed by atoms with van der Waals surface area (Å²) in [6.07, 6.45) is -9.66. The Kier molecular flexibility index (Phi) is 5.77. The molecule has 2 aromatic heterocycles. The molecule has 33 heavy (non-hydrogen) atoms. The van der Waals surface area contributed by atoms with Gasteiger partial charge in [0.1, 0.15) is 11.6 Å². The van der Waals surface area contributed by atoms with Crippen molar-refractivity contribution >= 4 is 34.1 Å². The summed E-state index contributed by atoms with van der Waals surface area (Å²) >= 11 is 6.35. The molecular weight excluding hydrogens is 474 g/mol. The average Bonchev–Trinajstić information content (AvgIpc) is 2.71. The number of aromatic nitrogens is 3. The first kappa shape index (κ1) is 23.3. The van der Waals surface area contributed by atoms with E-state index >= 15 is 0 Å². The van der Waals surface area contributed by atoms with Crippen LogP contribution < -0.4 is 16.0 Å². The molecule has 0 atom stereocenters. The van der Waals surface area contributed by atoms with Crippen LogP contribution in [-0.4, -0.2) is 41.1 Å². The van der Waals surface area contributed by atoms with Crippen LogP contribution in [0.1, 0.15) is 17.0 Å². The third-order valence-corrected chi connectivity index (χ3v) is 5.52. The van der Waals surface area contributed by atoms with Crippen LogP contribution in [0.5, 0.6) is 0 Å². The van der Waals surface area contributed by atoms with Gasteiger partial charge in [-0.25, -0.2) is 15.0 Å². The molecule has 3 heterocycles. The second-order valence-corrected chi connectivity index (χ2v) is 7.95. The van der Waals surface area contributed by atoms with E-state index in [1.807, 2.05) is 0 Å². The number of nitrogens with one attached hydrogen (secondary N) is 1. The third kappa shape index (κ3) is 4.49. The second kappa shape index (κ2) is 8.17. The number of aryl methyl sites for hydroxylation is 1. The molecule has 3 aromatic rings. The van der Waals surface area contributed by atoms with E-state index in [9.17, 15) is 26.3 Å². The van der Waals surface area contributed by atoms with Gasteiger partial charge in [0, 0.05) is 37.1 Å². The molecule has 4 rings (SSSR count). The summed E-state index contributed by atoms with van der Waals surface area (Å²) in [5.74, 6) is -1.58. The van der Waals surface area contributed by atoms with E-state index in [-0.39, 0.29) is 38.7 Å². The van der Waals surface area contributed by atoms with Gasteiger partial charge >= 0.3 is 12.4 Å². The second-order valence-electron chi connectivity index (χ2n) is 7.54. The number of fused-ring (bicyclic) bond motifs is 1. The maximum atomic E-state index is 13.8. The number of rotatable bonds is 2. The van der Waals surface area contributed by atoms with E-state index in [0.29, 0.717) is 26.2 Å². The molecule has 1 saturated heterocycles. The van der Waals surface area contributed by atoms with Gasteiger partial charge in [-0.2, -0.15) is 26.3 Å². The molecule has 0 amide bonds. The Labute approximate surface area is 188 Å². The van der Waals surface area contributed by atoms with E-state index in [2.05, 4.69) is 20.3 Å². The quantitative estimate of drug-likeness (QED) is 0.508. The first-order chi connectivity index (χ1) is 15.4. The molecule has 1 aliphatic heterocycles. The maximum Gasteiger partial charge on any atom is 0.451 e. The van der Waals surface area contributed by atoms with Gasteiger partial charge in [-0.05, 0) is 30.7 Å². The first-order valence-corrected chi connectivity index (χ1v) is 10.1. The molecule has 1 aliphatic rings. The highest BCUT2D eigenvalue weighted by Gasteiger charge is 2.38. The van der Waals surface area contributed by atoms with Crippen LogP contribution in [0.25, 0.3) is 22.2 Å². The SMILES string of the molecule is Cc1cc(N)nc(-c2cc3nc(C(F)(F)F)nc(N4CCNCC4)c3cc2Cl)c1C(F)(F)F. The van der Waals surface area contributed by atoms with Crippen molar-refractivity contribution in [1.29, 1.82) is 0 Å². The summed E-state index contributed by atoms with van der Waals surface area (Å²) in [6, 6.07) is 3.40. The highest BCUT2D eigenvalue weighted by molar-refractivity contribution is 6.34. The predicted octanol–water partition coefficient (Wildman–Crippen LogP) is 4.68. The first-order valence-electron chi connectivity index (χ1n) is 9.75. The van der Waals surface area contributed by atoms with Crippen LogP contribution in [-0.2, 0) is 12.4 Å². The van der Waals surface area contributed by atoms with Crippen LogP contribution in [0.2, 0.25) is 5.02 Å². The Morgan fingerprint density at radius 1 is 0.970 bits per heavy atom. The van der Waals surface area contributed by atoms with Crippen molar-refractivity contribution in [3.8, 4) is 11.3 Å². The molecule has 0 bridgehead atoms. The van der Waals surface area contributed by atoms with Crippen LogP contribution in [0.15, 0.2) is 18.2 Å². The number of hydrogen-bond donors (Lipinski definition) is 2. The Bertz CT molecular complexity index is 1220. The summed E-state index contributed by atoms with van der Waals surface area (Å²) < 4.78 is 82.0. The van der Waals surface area contributed by atoms with Crippen LogP contribution in [0, 0.1) is 6.92 Å². The van der Waals surface area contributed by atoms with Gasteiger partial charge in [0.2, 0.25) is 5.82 Å². The average molecular weight is 491 g/mol.